The topological polar surface area (TPSA) is 72.2 Å². The molecule has 0 radical (unpaired) electrons. The van der Waals surface area contributed by atoms with Gasteiger partial charge in [0.15, 0.2) is 5.82 Å². The molecule has 7 heteroatoms. The van der Waals surface area contributed by atoms with E-state index in [-0.39, 0.29) is 5.82 Å². The number of rotatable bonds is 3. The van der Waals surface area contributed by atoms with Gasteiger partial charge in [-0.3, -0.25) is 4.72 Å². The van der Waals surface area contributed by atoms with E-state index in [0.717, 1.165) is 15.0 Å². The smallest absolute Gasteiger partial charge is 0.264 e. The summed E-state index contributed by atoms with van der Waals surface area (Å²) in [6.07, 6.45) is 1.32. The molecule has 0 aliphatic heterocycles. The zero-order valence-electron chi connectivity index (χ0n) is 9.95. The molecule has 19 heavy (non-hydrogen) atoms. The van der Waals surface area contributed by atoms with Crippen molar-refractivity contribution >= 4 is 37.3 Å². The van der Waals surface area contributed by atoms with Crippen LogP contribution in [0, 0.1) is 6.92 Å². The van der Waals surface area contributed by atoms with E-state index in [1.54, 1.807) is 13.0 Å². The number of benzene rings is 1. The fraction of sp³-hybridized carbons (Fsp3) is 0.0833. The number of aromatic nitrogens is 1. The minimum atomic E-state index is -3.66. The number of aryl methyl sites for hydroxylation is 1. The van der Waals surface area contributed by atoms with Gasteiger partial charge in [-0.15, -0.1) is 11.3 Å². The van der Waals surface area contributed by atoms with Crippen molar-refractivity contribution in [1.82, 2.24) is 5.16 Å². The predicted molar refractivity (Wildman–Crippen MR) is 73.9 cm³/mol. The lowest BCUT2D eigenvalue weighted by atomic mass is 10.2. The number of nitrogens with one attached hydrogen (secondary N) is 1. The number of hydrogen-bond donors (Lipinski definition) is 1. The average molecular weight is 294 g/mol. The summed E-state index contributed by atoms with van der Waals surface area (Å²) >= 11 is 1.46. The second kappa shape index (κ2) is 4.36. The zero-order valence-corrected chi connectivity index (χ0v) is 11.6. The molecule has 0 unspecified atom stereocenters. The molecule has 1 aromatic carbocycles. The molecule has 1 N–H and O–H groups in total. The van der Waals surface area contributed by atoms with E-state index < -0.39 is 10.0 Å². The first kappa shape index (κ1) is 12.2. The van der Waals surface area contributed by atoms with Crippen LogP contribution in [0.5, 0.6) is 0 Å². The van der Waals surface area contributed by atoms with Crippen LogP contribution in [0.3, 0.4) is 0 Å². The number of thiophene rings is 1. The molecule has 0 amide bonds. The lowest BCUT2D eigenvalue weighted by Gasteiger charge is -2.05. The largest absolute Gasteiger partial charge is 0.363 e. The summed E-state index contributed by atoms with van der Waals surface area (Å²) in [4.78, 5) is 1.05. The summed E-state index contributed by atoms with van der Waals surface area (Å²) in [5, 5.41) is 4.28. The van der Waals surface area contributed by atoms with Gasteiger partial charge in [0, 0.05) is 21.0 Å². The Morgan fingerprint density at radius 2 is 2.05 bits per heavy atom. The highest BCUT2D eigenvalue weighted by molar-refractivity contribution is 7.93. The second-order valence-electron chi connectivity index (χ2n) is 3.97. The first-order valence-corrected chi connectivity index (χ1v) is 7.79. The number of fused-ring (bicyclic) bond motifs is 1. The molecule has 0 bridgehead atoms. The Morgan fingerprint density at radius 3 is 2.79 bits per heavy atom. The van der Waals surface area contributed by atoms with E-state index in [0.29, 0.717) is 4.90 Å². The van der Waals surface area contributed by atoms with Crippen LogP contribution in [-0.4, -0.2) is 13.6 Å². The fourth-order valence-corrected chi connectivity index (χ4v) is 4.74. The normalized spacial score (nSPS) is 11.8. The van der Waals surface area contributed by atoms with Crippen molar-refractivity contribution in [3.05, 3.63) is 41.5 Å². The number of nitrogens with zero attached hydrogens (tertiary/aromatic N) is 1. The van der Waals surface area contributed by atoms with Crippen LogP contribution in [-0.2, 0) is 10.0 Å². The minimum Gasteiger partial charge on any atom is -0.363 e. The second-order valence-corrected chi connectivity index (χ2v) is 6.85. The first-order valence-electron chi connectivity index (χ1n) is 5.49. The monoisotopic (exact) mass is 294 g/mol. The Hall–Kier alpha value is -1.86. The van der Waals surface area contributed by atoms with Crippen LogP contribution in [0.15, 0.2) is 46.0 Å². The maximum Gasteiger partial charge on any atom is 0.264 e. The lowest BCUT2D eigenvalue weighted by molar-refractivity contribution is 0.423. The van der Waals surface area contributed by atoms with Gasteiger partial charge >= 0.3 is 0 Å². The van der Waals surface area contributed by atoms with Crippen molar-refractivity contribution in [1.29, 1.82) is 0 Å². The van der Waals surface area contributed by atoms with E-state index in [1.165, 1.54) is 23.7 Å². The first-order chi connectivity index (χ1) is 9.08. The molecule has 2 heterocycles. The molecule has 0 fully saturated rings. The number of hydrogen-bond acceptors (Lipinski definition) is 5. The van der Waals surface area contributed by atoms with Gasteiger partial charge in [0.1, 0.15) is 11.2 Å². The van der Waals surface area contributed by atoms with E-state index in [4.69, 9.17) is 0 Å². The van der Waals surface area contributed by atoms with Crippen molar-refractivity contribution in [2.75, 3.05) is 4.72 Å². The number of anilines is 1. The van der Waals surface area contributed by atoms with Crippen molar-refractivity contribution < 1.29 is 12.9 Å². The van der Waals surface area contributed by atoms with Gasteiger partial charge in [0.05, 0.1) is 0 Å². The molecule has 3 aromatic rings. The van der Waals surface area contributed by atoms with Crippen molar-refractivity contribution in [3.8, 4) is 0 Å². The highest BCUT2D eigenvalue weighted by Crippen LogP contribution is 2.34. The molecule has 0 aliphatic rings. The molecule has 0 aliphatic carbocycles. The molecule has 98 valence electrons. The van der Waals surface area contributed by atoms with Gasteiger partial charge in [0.25, 0.3) is 10.0 Å². The van der Waals surface area contributed by atoms with E-state index >= 15 is 0 Å². The van der Waals surface area contributed by atoms with E-state index in [2.05, 4.69) is 14.4 Å². The summed E-state index contributed by atoms with van der Waals surface area (Å²) in [7, 11) is -3.66. The van der Waals surface area contributed by atoms with E-state index in [1.807, 2.05) is 18.2 Å². The van der Waals surface area contributed by atoms with Crippen LogP contribution in [0.1, 0.15) is 4.88 Å². The third-order valence-electron chi connectivity index (χ3n) is 2.66. The number of sulfonamides is 1. The Morgan fingerprint density at radius 1 is 1.26 bits per heavy atom. The standard InChI is InChI=1S/C12H10N2O3S2/c1-8-12(9-4-2-3-5-10(9)18-8)19(15,16)14-11-6-7-17-13-11/h2-7H,1H3,(H,13,14). The van der Waals surface area contributed by atoms with Crippen molar-refractivity contribution in [2.24, 2.45) is 0 Å². The van der Waals surface area contributed by atoms with Crippen LogP contribution < -0.4 is 4.72 Å². The SMILES string of the molecule is Cc1sc2ccccc2c1S(=O)(=O)Nc1ccon1. The highest BCUT2D eigenvalue weighted by atomic mass is 32.2. The molecular weight excluding hydrogens is 284 g/mol. The van der Waals surface area contributed by atoms with Crippen molar-refractivity contribution in [3.63, 3.8) is 0 Å². The lowest BCUT2D eigenvalue weighted by Crippen LogP contribution is -2.13. The van der Waals surface area contributed by atoms with Gasteiger partial charge < -0.3 is 4.52 Å². The molecular formula is C12H10N2O3S2. The Kier molecular flexibility index (Phi) is 2.79. The van der Waals surface area contributed by atoms with E-state index in [9.17, 15) is 8.42 Å². The highest BCUT2D eigenvalue weighted by Gasteiger charge is 2.23. The van der Waals surface area contributed by atoms with Gasteiger partial charge in [-0.25, -0.2) is 8.42 Å². The Labute approximate surface area is 113 Å². The summed E-state index contributed by atoms with van der Waals surface area (Å²) in [5.41, 5.74) is 0. The molecule has 0 saturated carbocycles. The minimum absolute atomic E-state index is 0.176. The average Bonchev–Trinajstić information content (AvgIpc) is 2.94. The maximum atomic E-state index is 12.4. The summed E-state index contributed by atoms with van der Waals surface area (Å²) < 4.78 is 32.8. The van der Waals surface area contributed by atoms with Crippen LogP contribution in [0.4, 0.5) is 5.82 Å². The van der Waals surface area contributed by atoms with Crippen LogP contribution in [0.2, 0.25) is 0 Å². The van der Waals surface area contributed by atoms with Crippen molar-refractivity contribution in [2.45, 2.75) is 11.8 Å². The summed E-state index contributed by atoms with van der Waals surface area (Å²) in [6.45, 7) is 1.79. The molecule has 3 rings (SSSR count). The molecule has 2 aromatic heterocycles. The molecule has 5 nitrogen and oxygen atoms in total. The van der Waals surface area contributed by atoms with Crippen LogP contribution in [0.25, 0.3) is 10.1 Å². The summed E-state index contributed by atoms with van der Waals surface area (Å²) in [6, 6.07) is 8.88. The Balaban J connectivity index is 2.15. The van der Waals surface area contributed by atoms with Gasteiger partial charge in [-0.2, -0.15) is 0 Å². The third-order valence-corrected chi connectivity index (χ3v) is 5.42. The van der Waals surface area contributed by atoms with Gasteiger partial charge in [0.2, 0.25) is 0 Å². The third kappa shape index (κ3) is 2.11. The summed E-state index contributed by atoms with van der Waals surface area (Å²) in [5.74, 6) is 0.176. The molecule has 0 atom stereocenters. The quantitative estimate of drug-likeness (QED) is 0.806. The predicted octanol–water partition coefficient (Wildman–Crippen LogP) is 3.00. The van der Waals surface area contributed by atoms with Gasteiger partial charge in [-0.1, -0.05) is 23.4 Å². The fourth-order valence-electron chi connectivity index (χ4n) is 1.93. The van der Waals surface area contributed by atoms with Gasteiger partial charge in [-0.05, 0) is 13.0 Å². The zero-order chi connectivity index (χ0) is 13.5. The van der Waals surface area contributed by atoms with Crippen LogP contribution >= 0.6 is 11.3 Å². The molecule has 0 spiro atoms. The Bertz CT molecular complexity index is 820. The maximum absolute atomic E-state index is 12.4. The molecule has 0 saturated heterocycles.